The van der Waals surface area contributed by atoms with Gasteiger partial charge in [-0.1, -0.05) is 6.92 Å². The number of hydrogen-bond acceptors (Lipinski definition) is 4. The van der Waals surface area contributed by atoms with Crippen LogP contribution in [0.4, 0.5) is 4.79 Å². The highest BCUT2D eigenvalue weighted by atomic mass is 16.3. The van der Waals surface area contributed by atoms with Crippen LogP contribution in [0.3, 0.4) is 0 Å². The van der Waals surface area contributed by atoms with E-state index in [-0.39, 0.29) is 12.5 Å². The quantitative estimate of drug-likeness (QED) is 0.646. The molecule has 1 saturated heterocycles. The zero-order valence-corrected chi connectivity index (χ0v) is 9.92. The van der Waals surface area contributed by atoms with Crippen molar-refractivity contribution in [2.75, 3.05) is 6.54 Å². The summed E-state index contributed by atoms with van der Waals surface area (Å²) in [7, 11) is 0. The Balaban J connectivity index is 1.67. The molecule has 0 spiro atoms. The minimum absolute atomic E-state index is 0.0391. The molecule has 0 aromatic carbocycles. The third-order valence-corrected chi connectivity index (χ3v) is 3.22. The summed E-state index contributed by atoms with van der Waals surface area (Å²) >= 11 is 0. The van der Waals surface area contributed by atoms with E-state index in [0.717, 1.165) is 17.2 Å². The second kappa shape index (κ2) is 3.97. The summed E-state index contributed by atoms with van der Waals surface area (Å²) in [6, 6.07) is 3.25. The van der Waals surface area contributed by atoms with E-state index in [9.17, 15) is 9.59 Å². The lowest BCUT2D eigenvalue weighted by atomic mass is 10.3. The normalized spacial score (nSPS) is 27.1. The second-order valence-electron chi connectivity index (χ2n) is 4.72. The fourth-order valence-electron chi connectivity index (χ4n) is 2.01. The van der Waals surface area contributed by atoms with E-state index in [1.807, 2.05) is 12.1 Å². The van der Waals surface area contributed by atoms with E-state index in [2.05, 4.69) is 17.3 Å². The number of urea groups is 1. The number of carbonyl (C=O) groups excluding carboxylic acids is 2. The lowest BCUT2D eigenvalue weighted by molar-refractivity contribution is -0.118. The van der Waals surface area contributed by atoms with Crippen molar-refractivity contribution in [3.05, 3.63) is 23.7 Å². The van der Waals surface area contributed by atoms with Crippen LogP contribution in [0.2, 0.25) is 0 Å². The number of carbonyl (C=O) groups is 2. The van der Waals surface area contributed by atoms with Gasteiger partial charge < -0.3 is 4.42 Å². The van der Waals surface area contributed by atoms with Crippen LogP contribution in [0.5, 0.6) is 0 Å². The van der Waals surface area contributed by atoms with E-state index in [0.29, 0.717) is 17.6 Å². The van der Waals surface area contributed by atoms with Crippen molar-refractivity contribution >= 4 is 18.2 Å². The molecule has 2 fully saturated rings. The number of imide groups is 1. The molecule has 1 aromatic rings. The van der Waals surface area contributed by atoms with Crippen LogP contribution < -0.4 is 5.32 Å². The highest BCUT2D eigenvalue weighted by Gasteiger charge is 2.36. The average Bonchev–Trinajstić information content (AvgIpc) is 2.74. The fraction of sp³-hybridized carbons (Fsp3) is 0.417. The molecule has 1 N–H and O–H groups in total. The van der Waals surface area contributed by atoms with Crippen LogP contribution in [-0.4, -0.2) is 29.7 Å². The Labute approximate surface area is 104 Å². The van der Waals surface area contributed by atoms with Gasteiger partial charge >= 0.3 is 6.03 Å². The Hall–Kier alpha value is -2.11. The molecule has 6 nitrogen and oxygen atoms in total. The Morgan fingerprint density at radius 3 is 2.89 bits per heavy atom. The molecular weight excluding hydrogens is 234 g/mol. The lowest BCUT2D eigenvalue weighted by Crippen LogP contribution is -2.24. The third kappa shape index (κ3) is 2.01. The second-order valence-corrected chi connectivity index (χ2v) is 4.72. The molecule has 94 valence electrons. The molecule has 18 heavy (non-hydrogen) atoms. The summed E-state index contributed by atoms with van der Waals surface area (Å²) in [5.41, 5.74) is 0. The highest BCUT2D eigenvalue weighted by Crippen LogP contribution is 2.47. The topological polar surface area (TPSA) is 74.9 Å². The van der Waals surface area contributed by atoms with E-state index < -0.39 is 6.03 Å². The number of furan rings is 1. The first-order valence-electron chi connectivity index (χ1n) is 5.88. The number of amides is 3. The maximum Gasteiger partial charge on any atom is 0.344 e. The van der Waals surface area contributed by atoms with Gasteiger partial charge in [0, 0.05) is 5.92 Å². The Bertz CT molecular complexity index is 534. The summed E-state index contributed by atoms with van der Waals surface area (Å²) < 4.78 is 5.61. The molecule has 1 aliphatic heterocycles. The smallest absolute Gasteiger partial charge is 0.344 e. The third-order valence-electron chi connectivity index (χ3n) is 3.22. The van der Waals surface area contributed by atoms with Crippen molar-refractivity contribution in [2.45, 2.75) is 19.3 Å². The molecule has 1 aliphatic carbocycles. The molecule has 3 amide bonds. The van der Waals surface area contributed by atoms with Crippen molar-refractivity contribution in [3.8, 4) is 0 Å². The Kier molecular flexibility index (Phi) is 2.43. The van der Waals surface area contributed by atoms with Crippen LogP contribution >= 0.6 is 0 Å². The van der Waals surface area contributed by atoms with Gasteiger partial charge in [-0.3, -0.25) is 10.1 Å². The van der Waals surface area contributed by atoms with Crippen LogP contribution in [-0.2, 0) is 4.79 Å². The maximum atomic E-state index is 11.2. The first-order chi connectivity index (χ1) is 8.63. The van der Waals surface area contributed by atoms with Crippen molar-refractivity contribution in [1.82, 2.24) is 10.3 Å². The molecule has 0 unspecified atom stereocenters. The van der Waals surface area contributed by atoms with Crippen LogP contribution in [0.1, 0.15) is 30.8 Å². The zero-order valence-electron chi connectivity index (χ0n) is 9.92. The van der Waals surface area contributed by atoms with Crippen molar-refractivity contribution < 1.29 is 14.0 Å². The molecule has 0 radical (unpaired) electrons. The number of rotatable bonds is 3. The Morgan fingerprint density at radius 1 is 1.50 bits per heavy atom. The number of hydrazone groups is 1. The molecular formula is C12H13N3O3. The summed E-state index contributed by atoms with van der Waals surface area (Å²) in [6.45, 7) is 2.14. The standard InChI is InChI=1S/C12H13N3O3/c1-7-4-9(7)10-3-2-8(18-10)5-13-15-6-11(16)14-12(15)17/h2-3,5,7,9H,4,6H2,1H3,(H,14,16,17)/b13-5-/t7-,9-/m0/s1. The minimum atomic E-state index is -0.501. The highest BCUT2D eigenvalue weighted by molar-refractivity contribution is 6.02. The number of hydrogen-bond donors (Lipinski definition) is 1. The Morgan fingerprint density at radius 2 is 2.28 bits per heavy atom. The van der Waals surface area contributed by atoms with Gasteiger partial charge in [-0.25, -0.2) is 9.80 Å². The van der Waals surface area contributed by atoms with Crippen LogP contribution in [0.15, 0.2) is 21.7 Å². The van der Waals surface area contributed by atoms with Gasteiger partial charge in [-0.2, -0.15) is 5.10 Å². The van der Waals surface area contributed by atoms with Gasteiger partial charge in [-0.05, 0) is 24.5 Å². The summed E-state index contributed by atoms with van der Waals surface area (Å²) in [5.74, 6) is 2.41. The monoisotopic (exact) mass is 247 g/mol. The van der Waals surface area contributed by atoms with Crippen molar-refractivity contribution in [2.24, 2.45) is 11.0 Å². The molecule has 3 rings (SSSR count). The molecule has 1 aromatic heterocycles. The summed E-state index contributed by atoms with van der Waals surface area (Å²) in [4.78, 5) is 22.2. The van der Waals surface area contributed by atoms with Crippen LogP contribution in [0, 0.1) is 5.92 Å². The van der Waals surface area contributed by atoms with Gasteiger partial charge in [0.15, 0.2) is 0 Å². The van der Waals surface area contributed by atoms with Gasteiger partial charge in [-0.15, -0.1) is 0 Å². The van der Waals surface area contributed by atoms with Crippen LogP contribution in [0.25, 0.3) is 0 Å². The molecule has 2 heterocycles. The molecule has 2 aliphatic rings. The van der Waals surface area contributed by atoms with Gasteiger partial charge in [0.2, 0.25) is 5.91 Å². The van der Waals surface area contributed by atoms with E-state index >= 15 is 0 Å². The van der Waals surface area contributed by atoms with Crippen molar-refractivity contribution in [1.29, 1.82) is 0 Å². The van der Waals surface area contributed by atoms with Crippen molar-refractivity contribution in [3.63, 3.8) is 0 Å². The first kappa shape index (κ1) is 11.0. The first-order valence-corrected chi connectivity index (χ1v) is 5.88. The molecule has 1 saturated carbocycles. The lowest BCUT2D eigenvalue weighted by Gasteiger charge is -2.02. The largest absolute Gasteiger partial charge is 0.460 e. The SMILES string of the molecule is C[C@H]1C[C@@H]1c1ccc(/C=N\N2CC(=O)NC2=O)o1. The van der Waals surface area contributed by atoms with Gasteiger partial charge in [0.25, 0.3) is 0 Å². The number of nitrogens with one attached hydrogen (secondary N) is 1. The van der Waals surface area contributed by atoms with E-state index in [4.69, 9.17) is 4.42 Å². The summed E-state index contributed by atoms with van der Waals surface area (Å²) in [6.07, 6.45) is 2.61. The van der Waals surface area contributed by atoms with Gasteiger partial charge in [0.05, 0.1) is 6.21 Å². The number of nitrogens with zero attached hydrogens (tertiary/aromatic N) is 2. The zero-order chi connectivity index (χ0) is 12.7. The maximum absolute atomic E-state index is 11.2. The predicted octanol–water partition coefficient (Wildman–Crippen LogP) is 1.29. The van der Waals surface area contributed by atoms with E-state index in [1.54, 1.807) is 0 Å². The minimum Gasteiger partial charge on any atom is -0.460 e. The van der Waals surface area contributed by atoms with Gasteiger partial charge in [0.1, 0.15) is 18.1 Å². The molecule has 0 bridgehead atoms. The molecule has 6 heteroatoms. The predicted molar refractivity (Wildman–Crippen MR) is 63.1 cm³/mol. The fourth-order valence-corrected chi connectivity index (χ4v) is 2.01. The average molecular weight is 247 g/mol. The van der Waals surface area contributed by atoms with E-state index in [1.165, 1.54) is 6.21 Å². The molecule has 2 atom stereocenters. The summed E-state index contributed by atoms with van der Waals surface area (Å²) in [5, 5.41) is 7.14.